The maximum absolute atomic E-state index is 12.2. The molecule has 1 fully saturated rings. The van der Waals surface area contributed by atoms with E-state index in [0.717, 1.165) is 25.9 Å². The van der Waals surface area contributed by atoms with E-state index in [-0.39, 0.29) is 6.03 Å². The fourth-order valence-corrected chi connectivity index (χ4v) is 3.05. The van der Waals surface area contributed by atoms with Crippen molar-refractivity contribution in [1.29, 1.82) is 0 Å². The Labute approximate surface area is 143 Å². The smallest absolute Gasteiger partial charge is 0.317 e. The van der Waals surface area contributed by atoms with Crippen molar-refractivity contribution in [1.82, 2.24) is 10.2 Å². The number of nitrogens with zero attached hydrogens (tertiary/aromatic N) is 2. The summed E-state index contributed by atoms with van der Waals surface area (Å²) in [6.07, 6.45) is 2.26. The van der Waals surface area contributed by atoms with Crippen molar-refractivity contribution >= 4 is 17.7 Å². The summed E-state index contributed by atoms with van der Waals surface area (Å²) >= 11 is 0. The van der Waals surface area contributed by atoms with Crippen molar-refractivity contribution < 1.29 is 14.7 Å². The van der Waals surface area contributed by atoms with Gasteiger partial charge in [0.15, 0.2) is 0 Å². The molecule has 1 aromatic carbocycles. The predicted molar refractivity (Wildman–Crippen MR) is 94.3 cm³/mol. The lowest BCUT2D eigenvalue weighted by atomic mass is 9.99. The summed E-state index contributed by atoms with van der Waals surface area (Å²) in [4.78, 5) is 27.1. The molecule has 1 aliphatic rings. The topological polar surface area (TPSA) is 72.9 Å². The summed E-state index contributed by atoms with van der Waals surface area (Å²) in [6, 6.07) is 10.1. The van der Waals surface area contributed by atoms with Crippen LogP contribution in [0.25, 0.3) is 0 Å². The number of anilines is 1. The SMILES string of the molecule is CCN(CCCNC(=O)N1CCCC(C(=O)O)C1)c1ccccc1. The summed E-state index contributed by atoms with van der Waals surface area (Å²) < 4.78 is 0. The van der Waals surface area contributed by atoms with Crippen LogP contribution in [0.2, 0.25) is 0 Å². The fourth-order valence-electron chi connectivity index (χ4n) is 3.05. The van der Waals surface area contributed by atoms with E-state index < -0.39 is 11.9 Å². The molecule has 6 nitrogen and oxygen atoms in total. The van der Waals surface area contributed by atoms with E-state index in [9.17, 15) is 9.59 Å². The van der Waals surface area contributed by atoms with E-state index in [4.69, 9.17) is 5.11 Å². The van der Waals surface area contributed by atoms with Gasteiger partial charge in [-0.05, 0) is 38.3 Å². The van der Waals surface area contributed by atoms with Gasteiger partial charge in [0.2, 0.25) is 0 Å². The molecule has 132 valence electrons. The fraction of sp³-hybridized carbons (Fsp3) is 0.556. The maximum Gasteiger partial charge on any atom is 0.317 e. The Morgan fingerprint density at radius 3 is 2.75 bits per heavy atom. The molecule has 6 heteroatoms. The monoisotopic (exact) mass is 333 g/mol. The second-order valence-corrected chi connectivity index (χ2v) is 6.12. The number of hydrogen-bond acceptors (Lipinski definition) is 3. The Balaban J connectivity index is 1.71. The number of carboxylic acids is 1. The van der Waals surface area contributed by atoms with Gasteiger partial charge in [-0.15, -0.1) is 0 Å². The minimum Gasteiger partial charge on any atom is -0.481 e. The van der Waals surface area contributed by atoms with Crippen molar-refractivity contribution in [3.05, 3.63) is 30.3 Å². The van der Waals surface area contributed by atoms with E-state index in [0.29, 0.717) is 26.1 Å². The quantitative estimate of drug-likeness (QED) is 0.752. The molecular formula is C18H27N3O3. The molecule has 1 unspecified atom stereocenters. The van der Waals surface area contributed by atoms with Gasteiger partial charge in [-0.25, -0.2) is 4.79 Å². The summed E-state index contributed by atoms with van der Waals surface area (Å²) in [5, 5.41) is 12.0. The molecular weight excluding hydrogens is 306 g/mol. The standard InChI is InChI=1S/C18H27N3O3/c1-2-20(16-9-4-3-5-10-16)13-7-11-19-18(24)21-12-6-8-15(14-21)17(22)23/h3-5,9-10,15H,2,6-8,11-14H2,1H3,(H,19,24)(H,22,23). The minimum absolute atomic E-state index is 0.149. The van der Waals surface area contributed by atoms with Crippen LogP contribution in [0.5, 0.6) is 0 Å². The molecule has 0 aromatic heterocycles. The van der Waals surface area contributed by atoms with Gasteiger partial charge in [0.1, 0.15) is 0 Å². The molecule has 2 N–H and O–H groups in total. The lowest BCUT2D eigenvalue weighted by Gasteiger charge is -2.31. The Hall–Kier alpha value is -2.24. The summed E-state index contributed by atoms with van der Waals surface area (Å²) in [7, 11) is 0. The first kappa shape index (κ1) is 18.1. The van der Waals surface area contributed by atoms with Gasteiger partial charge in [-0.2, -0.15) is 0 Å². The number of urea groups is 1. The Bertz CT molecular complexity index is 536. The third-order valence-electron chi connectivity index (χ3n) is 4.44. The number of hydrogen-bond donors (Lipinski definition) is 2. The van der Waals surface area contributed by atoms with Gasteiger partial charge < -0.3 is 20.2 Å². The van der Waals surface area contributed by atoms with Gasteiger partial charge in [0.25, 0.3) is 0 Å². The zero-order valence-corrected chi connectivity index (χ0v) is 14.3. The van der Waals surface area contributed by atoms with E-state index >= 15 is 0 Å². The van der Waals surface area contributed by atoms with Gasteiger partial charge in [0, 0.05) is 38.4 Å². The van der Waals surface area contributed by atoms with Crippen molar-refractivity contribution in [2.75, 3.05) is 37.6 Å². The minimum atomic E-state index is -0.811. The molecule has 0 bridgehead atoms. The van der Waals surface area contributed by atoms with E-state index in [1.807, 2.05) is 18.2 Å². The molecule has 0 spiro atoms. The van der Waals surface area contributed by atoms with Gasteiger partial charge >= 0.3 is 12.0 Å². The molecule has 0 radical (unpaired) electrons. The number of likely N-dealkylation sites (tertiary alicyclic amines) is 1. The second-order valence-electron chi connectivity index (χ2n) is 6.12. The highest BCUT2D eigenvalue weighted by Gasteiger charge is 2.27. The number of amides is 2. The van der Waals surface area contributed by atoms with Crippen LogP contribution in [-0.4, -0.2) is 54.7 Å². The molecule has 0 saturated carbocycles. The van der Waals surface area contributed by atoms with E-state index in [2.05, 4.69) is 29.3 Å². The normalized spacial score (nSPS) is 17.4. The number of rotatable bonds is 7. The predicted octanol–water partition coefficient (Wildman–Crippen LogP) is 2.41. The van der Waals surface area contributed by atoms with Gasteiger partial charge in [-0.1, -0.05) is 18.2 Å². The molecule has 2 amide bonds. The molecule has 1 heterocycles. The van der Waals surface area contributed by atoms with E-state index in [1.54, 1.807) is 4.90 Å². The van der Waals surface area contributed by atoms with Crippen molar-refractivity contribution in [3.8, 4) is 0 Å². The summed E-state index contributed by atoms with van der Waals surface area (Å²) in [5.41, 5.74) is 1.19. The van der Waals surface area contributed by atoms with Crippen LogP contribution in [0.15, 0.2) is 30.3 Å². The number of carbonyl (C=O) groups excluding carboxylic acids is 1. The second kappa shape index (κ2) is 9.15. The third kappa shape index (κ3) is 5.15. The number of aliphatic carboxylic acids is 1. The highest BCUT2D eigenvalue weighted by molar-refractivity contribution is 5.76. The molecule has 1 atom stereocenters. The molecule has 1 aliphatic heterocycles. The number of benzene rings is 1. The number of para-hydroxylation sites is 1. The van der Waals surface area contributed by atoms with Crippen molar-refractivity contribution in [3.63, 3.8) is 0 Å². The average Bonchev–Trinajstić information content (AvgIpc) is 2.62. The number of nitrogens with one attached hydrogen (secondary N) is 1. The van der Waals surface area contributed by atoms with Crippen LogP contribution in [0, 0.1) is 5.92 Å². The molecule has 1 aromatic rings. The molecule has 2 rings (SSSR count). The van der Waals surface area contributed by atoms with Crippen LogP contribution in [-0.2, 0) is 4.79 Å². The first-order valence-corrected chi connectivity index (χ1v) is 8.67. The Morgan fingerprint density at radius 1 is 1.33 bits per heavy atom. The maximum atomic E-state index is 12.2. The van der Waals surface area contributed by atoms with Crippen LogP contribution in [0.1, 0.15) is 26.2 Å². The van der Waals surface area contributed by atoms with E-state index in [1.165, 1.54) is 5.69 Å². The summed E-state index contributed by atoms with van der Waals surface area (Å²) in [6.45, 7) is 5.46. The average molecular weight is 333 g/mol. The highest BCUT2D eigenvalue weighted by Crippen LogP contribution is 2.16. The lowest BCUT2D eigenvalue weighted by Crippen LogP contribution is -2.47. The van der Waals surface area contributed by atoms with Gasteiger partial charge in [-0.3, -0.25) is 4.79 Å². The largest absolute Gasteiger partial charge is 0.481 e. The van der Waals surface area contributed by atoms with Crippen LogP contribution in [0.3, 0.4) is 0 Å². The summed E-state index contributed by atoms with van der Waals surface area (Å²) in [5.74, 6) is -1.24. The zero-order valence-electron chi connectivity index (χ0n) is 14.3. The van der Waals surface area contributed by atoms with Crippen molar-refractivity contribution in [2.24, 2.45) is 5.92 Å². The highest BCUT2D eigenvalue weighted by atomic mass is 16.4. The van der Waals surface area contributed by atoms with Gasteiger partial charge in [0.05, 0.1) is 5.92 Å². The number of carboxylic acid groups (broad SMARTS) is 1. The Kier molecular flexibility index (Phi) is 6.90. The van der Waals surface area contributed by atoms with Crippen molar-refractivity contribution in [2.45, 2.75) is 26.2 Å². The lowest BCUT2D eigenvalue weighted by molar-refractivity contribution is -0.143. The number of carbonyl (C=O) groups is 2. The molecule has 1 saturated heterocycles. The zero-order chi connectivity index (χ0) is 17.4. The first-order valence-electron chi connectivity index (χ1n) is 8.67. The molecule has 24 heavy (non-hydrogen) atoms. The third-order valence-corrected chi connectivity index (χ3v) is 4.44. The van der Waals surface area contributed by atoms with Crippen LogP contribution in [0.4, 0.5) is 10.5 Å². The number of piperidine rings is 1. The first-order chi connectivity index (χ1) is 11.6. The Morgan fingerprint density at radius 2 is 2.08 bits per heavy atom. The van der Waals surface area contributed by atoms with Crippen LogP contribution < -0.4 is 10.2 Å². The molecule has 0 aliphatic carbocycles. The van der Waals surface area contributed by atoms with Crippen LogP contribution >= 0.6 is 0 Å².